The molecule has 2 unspecified atom stereocenters. The highest BCUT2D eigenvalue weighted by Gasteiger charge is 2.62. The normalized spacial score (nSPS) is 28.2. The molecule has 120 valence electrons. The molecule has 0 saturated heterocycles. The van der Waals surface area contributed by atoms with Gasteiger partial charge in [-0.3, -0.25) is 4.79 Å². The van der Waals surface area contributed by atoms with Crippen LogP contribution in [0, 0.1) is 5.41 Å². The van der Waals surface area contributed by atoms with Crippen LogP contribution in [0.1, 0.15) is 41.0 Å². The molecule has 0 aliphatic heterocycles. The Morgan fingerprint density at radius 2 is 2.00 bits per heavy atom. The summed E-state index contributed by atoms with van der Waals surface area (Å²) in [5.74, 6) is -0.126. The van der Waals surface area contributed by atoms with Crippen molar-refractivity contribution < 1.29 is 14.3 Å². The van der Waals surface area contributed by atoms with E-state index in [1.165, 1.54) is 0 Å². The summed E-state index contributed by atoms with van der Waals surface area (Å²) in [5.41, 5.74) is 4.67. The van der Waals surface area contributed by atoms with Crippen LogP contribution < -0.4 is 11.1 Å². The van der Waals surface area contributed by atoms with E-state index in [1.54, 1.807) is 7.11 Å². The molecule has 1 aliphatic rings. The van der Waals surface area contributed by atoms with Gasteiger partial charge in [-0.05, 0) is 20.8 Å². The first-order valence-electron chi connectivity index (χ1n) is 6.84. The van der Waals surface area contributed by atoms with Crippen LogP contribution in [0.3, 0.4) is 0 Å². The fourth-order valence-electron chi connectivity index (χ4n) is 2.34. The van der Waals surface area contributed by atoms with Gasteiger partial charge in [0.1, 0.15) is 5.54 Å². The molecule has 0 aromatic carbocycles. The minimum atomic E-state index is -0.864. The molecule has 0 aromatic rings. The van der Waals surface area contributed by atoms with Crippen molar-refractivity contribution in [1.82, 2.24) is 5.32 Å². The number of rotatable bonds is 6. The lowest BCUT2D eigenvalue weighted by Crippen LogP contribution is -2.76. The van der Waals surface area contributed by atoms with Crippen LogP contribution in [-0.4, -0.2) is 43.4 Å². The maximum absolute atomic E-state index is 12.3. The Labute approximate surface area is 128 Å². The molecule has 1 amide bonds. The van der Waals surface area contributed by atoms with Gasteiger partial charge >= 0.3 is 0 Å². The number of ether oxygens (including phenoxy) is 2. The monoisotopic (exact) mass is 308 g/mol. The van der Waals surface area contributed by atoms with Crippen LogP contribution in [-0.2, 0) is 14.3 Å². The van der Waals surface area contributed by atoms with E-state index in [2.05, 4.69) is 5.32 Å². The molecule has 0 radical (unpaired) electrons. The van der Waals surface area contributed by atoms with Crippen LogP contribution in [0.2, 0.25) is 0 Å². The molecule has 6 heteroatoms. The van der Waals surface area contributed by atoms with Crippen LogP contribution >= 0.6 is 12.4 Å². The predicted molar refractivity (Wildman–Crippen MR) is 82.1 cm³/mol. The maximum Gasteiger partial charge on any atom is 0.240 e. The van der Waals surface area contributed by atoms with Gasteiger partial charge in [0.05, 0.1) is 11.7 Å². The summed E-state index contributed by atoms with van der Waals surface area (Å²) in [4.78, 5) is 12.3. The predicted octanol–water partition coefficient (Wildman–Crippen LogP) is 1.48. The number of carbonyl (C=O) groups is 1. The first-order chi connectivity index (χ1) is 8.60. The summed E-state index contributed by atoms with van der Waals surface area (Å²) in [6.45, 7) is 10.8. The first kappa shape index (κ1) is 19.6. The molecule has 0 heterocycles. The van der Waals surface area contributed by atoms with Gasteiger partial charge in [-0.1, -0.05) is 13.8 Å². The molecule has 1 fully saturated rings. The number of amides is 1. The SMILES string of the molecule is CCOC1CC(N)(C(=O)NCC(C)(C)OC)C1(C)C.Cl. The van der Waals surface area contributed by atoms with Gasteiger partial charge in [-0.2, -0.15) is 0 Å². The van der Waals surface area contributed by atoms with Gasteiger partial charge in [0, 0.05) is 32.1 Å². The average molecular weight is 309 g/mol. The van der Waals surface area contributed by atoms with Crippen molar-refractivity contribution in [3.05, 3.63) is 0 Å². The van der Waals surface area contributed by atoms with Crippen molar-refractivity contribution >= 4 is 18.3 Å². The molecular formula is C14H29ClN2O3. The average Bonchev–Trinajstić information content (AvgIpc) is 2.35. The summed E-state index contributed by atoms with van der Waals surface area (Å²) in [5, 5.41) is 2.89. The fourth-order valence-corrected chi connectivity index (χ4v) is 2.34. The quantitative estimate of drug-likeness (QED) is 0.779. The Bertz CT molecular complexity index is 347. The Balaban J connectivity index is 0.00000361. The van der Waals surface area contributed by atoms with E-state index >= 15 is 0 Å². The number of methoxy groups -OCH3 is 1. The van der Waals surface area contributed by atoms with Crippen molar-refractivity contribution in [2.45, 2.75) is 58.3 Å². The second-order valence-corrected chi connectivity index (χ2v) is 6.49. The highest BCUT2D eigenvalue weighted by atomic mass is 35.5. The van der Waals surface area contributed by atoms with Crippen molar-refractivity contribution in [1.29, 1.82) is 0 Å². The first-order valence-corrected chi connectivity index (χ1v) is 6.84. The molecule has 20 heavy (non-hydrogen) atoms. The molecule has 0 aromatic heterocycles. The Hall–Kier alpha value is -0.360. The minimum absolute atomic E-state index is 0. The lowest BCUT2D eigenvalue weighted by Gasteiger charge is -2.57. The number of nitrogens with one attached hydrogen (secondary N) is 1. The third kappa shape index (κ3) is 3.45. The van der Waals surface area contributed by atoms with E-state index in [9.17, 15) is 4.79 Å². The van der Waals surface area contributed by atoms with Gasteiger partial charge < -0.3 is 20.5 Å². The molecule has 1 aliphatic carbocycles. The van der Waals surface area contributed by atoms with E-state index in [1.807, 2.05) is 34.6 Å². The summed E-state index contributed by atoms with van der Waals surface area (Å²) in [6.07, 6.45) is 0.608. The van der Waals surface area contributed by atoms with Crippen molar-refractivity contribution in [2.24, 2.45) is 11.1 Å². The molecule has 5 nitrogen and oxygen atoms in total. The molecule has 2 atom stereocenters. The highest BCUT2D eigenvalue weighted by molar-refractivity contribution is 5.88. The maximum atomic E-state index is 12.3. The smallest absolute Gasteiger partial charge is 0.240 e. The minimum Gasteiger partial charge on any atom is -0.378 e. The summed E-state index contributed by atoms with van der Waals surface area (Å²) in [6, 6.07) is 0. The topological polar surface area (TPSA) is 73.6 Å². The zero-order chi connectivity index (χ0) is 14.9. The third-order valence-corrected chi connectivity index (χ3v) is 4.46. The Kier molecular flexibility index (Phi) is 6.48. The summed E-state index contributed by atoms with van der Waals surface area (Å²) in [7, 11) is 1.63. The van der Waals surface area contributed by atoms with Crippen LogP contribution in [0.4, 0.5) is 0 Å². The number of carbonyl (C=O) groups excluding carboxylic acids is 1. The van der Waals surface area contributed by atoms with Crippen LogP contribution in [0.25, 0.3) is 0 Å². The molecular weight excluding hydrogens is 280 g/mol. The van der Waals surface area contributed by atoms with Crippen LogP contribution in [0.15, 0.2) is 0 Å². The summed E-state index contributed by atoms with van der Waals surface area (Å²) >= 11 is 0. The highest BCUT2D eigenvalue weighted by Crippen LogP contribution is 2.49. The lowest BCUT2D eigenvalue weighted by molar-refractivity contribution is -0.171. The Morgan fingerprint density at radius 3 is 2.40 bits per heavy atom. The number of nitrogens with two attached hydrogens (primary N) is 1. The van der Waals surface area contributed by atoms with Gasteiger partial charge in [-0.25, -0.2) is 0 Å². The molecule has 1 rings (SSSR count). The fraction of sp³-hybridized carbons (Fsp3) is 0.929. The second kappa shape index (κ2) is 6.60. The largest absolute Gasteiger partial charge is 0.378 e. The van der Waals surface area contributed by atoms with Gasteiger partial charge in [-0.15, -0.1) is 12.4 Å². The van der Waals surface area contributed by atoms with Crippen molar-refractivity contribution in [2.75, 3.05) is 20.3 Å². The number of hydrogen-bond donors (Lipinski definition) is 2. The molecule has 0 bridgehead atoms. The molecule has 1 saturated carbocycles. The molecule has 0 spiro atoms. The van der Waals surface area contributed by atoms with Crippen molar-refractivity contribution in [3.63, 3.8) is 0 Å². The van der Waals surface area contributed by atoms with Gasteiger partial charge in [0.25, 0.3) is 0 Å². The Morgan fingerprint density at radius 1 is 1.45 bits per heavy atom. The van der Waals surface area contributed by atoms with E-state index in [-0.39, 0.29) is 35.4 Å². The number of halogens is 1. The molecule has 3 N–H and O–H groups in total. The zero-order valence-corrected chi connectivity index (χ0v) is 14.2. The van der Waals surface area contributed by atoms with E-state index < -0.39 is 5.54 Å². The third-order valence-electron chi connectivity index (χ3n) is 4.46. The van der Waals surface area contributed by atoms with Gasteiger partial charge in [0.15, 0.2) is 0 Å². The van der Waals surface area contributed by atoms with E-state index in [0.29, 0.717) is 19.6 Å². The van der Waals surface area contributed by atoms with Gasteiger partial charge in [0.2, 0.25) is 5.91 Å². The van der Waals surface area contributed by atoms with E-state index in [4.69, 9.17) is 15.2 Å². The number of hydrogen-bond acceptors (Lipinski definition) is 4. The summed E-state index contributed by atoms with van der Waals surface area (Å²) < 4.78 is 10.9. The second-order valence-electron chi connectivity index (χ2n) is 6.49. The van der Waals surface area contributed by atoms with Crippen molar-refractivity contribution in [3.8, 4) is 0 Å². The lowest BCUT2D eigenvalue weighted by atomic mass is 9.54. The van der Waals surface area contributed by atoms with E-state index in [0.717, 1.165) is 0 Å². The zero-order valence-electron chi connectivity index (χ0n) is 13.4. The standard InChI is InChI=1S/C14H28N2O3.ClH/c1-7-19-10-8-14(15,13(10,4)5)11(17)16-9-12(2,3)18-6;/h10H,7-9,15H2,1-6H3,(H,16,17);1H. The van der Waals surface area contributed by atoms with Crippen LogP contribution in [0.5, 0.6) is 0 Å².